The van der Waals surface area contributed by atoms with Gasteiger partial charge in [0.2, 0.25) is 5.79 Å². The van der Waals surface area contributed by atoms with Crippen molar-refractivity contribution in [3.05, 3.63) is 54.6 Å². The second-order valence-electron chi connectivity index (χ2n) is 6.70. The number of para-hydroxylation sites is 3. The highest BCUT2D eigenvalue weighted by Gasteiger charge is 2.36. The third-order valence-electron chi connectivity index (χ3n) is 4.88. The van der Waals surface area contributed by atoms with Gasteiger partial charge in [0.1, 0.15) is 0 Å². The van der Waals surface area contributed by atoms with Crippen LogP contribution in [0.5, 0.6) is 11.5 Å². The molecular weight excluding hydrogens is 300 g/mol. The minimum atomic E-state index is -0.541. The molecule has 0 amide bonds. The standard InChI is InChI=1S/C20H24N2O2/c1-20(23-18-9-5-6-10-19(18)24-20)11-12-21-13-15-22(16-14-21)17-7-3-2-4-8-17/h2-10H,11-16H2,1H3. The maximum atomic E-state index is 6.02. The van der Waals surface area contributed by atoms with Crippen LogP contribution < -0.4 is 14.4 Å². The highest BCUT2D eigenvalue weighted by atomic mass is 16.7. The van der Waals surface area contributed by atoms with Crippen LogP contribution in [0.4, 0.5) is 5.69 Å². The van der Waals surface area contributed by atoms with Gasteiger partial charge < -0.3 is 14.4 Å². The van der Waals surface area contributed by atoms with Crippen LogP contribution in [0.25, 0.3) is 0 Å². The van der Waals surface area contributed by atoms with Gasteiger partial charge >= 0.3 is 0 Å². The summed E-state index contributed by atoms with van der Waals surface area (Å²) in [6.45, 7) is 7.33. The quantitative estimate of drug-likeness (QED) is 0.861. The zero-order valence-electron chi connectivity index (χ0n) is 14.1. The van der Waals surface area contributed by atoms with E-state index in [9.17, 15) is 0 Å². The molecule has 0 bridgehead atoms. The molecule has 2 aromatic rings. The molecule has 1 saturated heterocycles. The number of nitrogens with zero attached hydrogens (tertiary/aromatic N) is 2. The van der Waals surface area contributed by atoms with Crippen molar-refractivity contribution >= 4 is 5.69 Å². The Morgan fingerprint density at radius 3 is 2.04 bits per heavy atom. The molecule has 0 N–H and O–H groups in total. The smallest absolute Gasteiger partial charge is 0.250 e. The van der Waals surface area contributed by atoms with Crippen LogP contribution in [0.3, 0.4) is 0 Å². The van der Waals surface area contributed by atoms with Gasteiger partial charge in [-0.15, -0.1) is 0 Å². The van der Waals surface area contributed by atoms with Crippen molar-refractivity contribution in [3.63, 3.8) is 0 Å². The molecule has 4 heteroatoms. The van der Waals surface area contributed by atoms with Gasteiger partial charge in [0, 0.05) is 51.8 Å². The van der Waals surface area contributed by atoms with Crippen molar-refractivity contribution < 1.29 is 9.47 Å². The number of hydrogen-bond acceptors (Lipinski definition) is 4. The number of rotatable bonds is 4. The number of benzene rings is 2. The van der Waals surface area contributed by atoms with Crippen LogP contribution in [-0.4, -0.2) is 43.4 Å². The zero-order chi connectivity index (χ0) is 16.4. The molecule has 2 aliphatic rings. The van der Waals surface area contributed by atoms with Crippen molar-refractivity contribution in [1.29, 1.82) is 0 Å². The first-order valence-corrected chi connectivity index (χ1v) is 8.71. The Hall–Kier alpha value is -2.20. The van der Waals surface area contributed by atoms with Gasteiger partial charge in [0.25, 0.3) is 0 Å². The van der Waals surface area contributed by atoms with Gasteiger partial charge in [-0.2, -0.15) is 0 Å². The minimum Gasteiger partial charge on any atom is -0.449 e. The lowest BCUT2D eigenvalue weighted by Gasteiger charge is -2.37. The Morgan fingerprint density at radius 2 is 1.42 bits per heavy atom. The van der Waals surface area contributed by atoms with E-state index in [1.54, 1.807) is 0 Å². The van der Waals surface area contributed by atoms with E-state index in [1.165, 1.54) is 5.69 Å². The van der Waals surface area contributed by atoms with Crippen molar-refractivity contribution in [2.24, 2.45) is 0 Å². The predicted molar refractivity (Wildman–Crippen MR) is 95.8 cm³/mol. The summed E-state index contributed by atoms with van der Waals surface area (Å²) in [6.07, 6.45) is 0.868. The Labute approximate surface area is 143 Å². The molecule has 4 nitrogen and oxygen atoms in total. The molecule has 0 spiro atoms. The highest BCUT2D eigenvalue weighted by molar-refractivity contribution is 5.46. The Bertz CT molecular complexity index is 656. The van der Waals surface area contributed by atoms with E-state index >= 15 is 0 Å². The average Bonchev–Trinajstić information content (AvgIpc) is 2.98. The fourth-order valence-electron chi connectivity index (χ4n) is 3.44. The first-order valence-electron chi connectivity index (χ1n) is 8.71. The number of hydrogen-bond donors (Lipinski definition) is 0. The minimum absolute atomic E-state index is 0.541. The van der Waals surface area contributed by atoms with Gasteiger partial charge in [-0.05, 0) is 24.3 Å². The molecule has 0 aliphatic carbocycles. The molecule has 0 unspecified atom stereocenters. The van der Waals surface area contributed by atoms with Gasteiger partial charge in [0.05, 0.1) is 0 Å². The summed E-state index contributed by atoms with van der Waals surface area (Å²) in [5, 5.41) is 0. The number of piperazine rings is 1. The molecule has 0 atom stereocenters. The van der Waals surface area contributed by atoms with Crippen molar-refractivity contribution in [1.82, 2.24) is 4.90 Å². The average molecular weight is 324 g/mol. The van der Waals surface area contributed by atoms with Gasteiger partial charge in [0.15, 0.2) is 11.5 Å². The molecule has 0 aromatic heterocycles. The second-order valence-corrected chi connectivity index (χ2v) is 6.70. The molecular formula is C20H24N2O2. The molecule has 2 aromatic carbocycles. The molecule has 0 radical (unpaired) electrons. The summed E-state index contributed by atoms with van der Waals surface area (Å²) in [5.74, 6) is 1.17. The molecule has 24 heavy (non-hydrogen) atoms. The Kier molecular flexibility index (Phi) is 4.07. The normalized spacial score (nSPS) is 19.5. The second kappa shape index (κ2) is 6.36. The molecule has 2 aliphatic heterocycles. The molecule has 126 valence electrons. The molecule has 4 rings (SSSR count). The Balaban J connectivity index is 1.28. The maximum absolute atomic E-state index is 6.02. The van der Waals surface area contributed by atoms with E-state index in [-0.39, 0.29) is 0 Å². The van der Waals surface area contributed by atoms with Crippen LogP contribution in [0.15, 0.2) is 54.6 Å². The summed E-state index contributed by atoms with van der Waals surface area (Å²) in [6, 6.07) is 18.6. The topological polar surface area (TPSA) is 24.9 Å². The third-order valence-corrected chi connectivity index (χ3v) is 4.88. The number of fused-ring (bicyclic) bond motifs is 1. The van der Waals surface area contributed by atoms with Crippen LogP contribution in [0.2, 0.25) is 0 Å². The van der Waals surface area contributed by atoms with Gasteiger partial charge in [-0.1, -0.05) is 30.3 Å². The lowest BCUT2D eigenvalue weighted by molar-refractivity contribution is -0.0734. The first-order chi connectivity index (χ1) is 11.7. The van der Waals surface area contributed by atoms with Crippen molar-refractivity contribution in [3.8, 4) is 11.5 Å². The fourth-order valence-corrected chi connectivity index (χ4v) is 3.44. The van der Waals surface area contributed by atoms with Crippen LogP contribution in [0, 0.1) is 0 Å². The van der Waals surface area contributed by atoms with E-state index < -0.39 is 5.79 Å². The van der Waals surface area contributed by atoms with E-state index in [1.807, 2.05) is 31.2 Å². The van der Waals surface area contributed by atoms with Crippen LogP contribution in [0.1, 0.15) is 13.3 Å². The summed E-state index contributed by atoms with van der Waals surface area (Å²) < 4.78 is 12.0. The summed E-state index contributed by atoms with van der Waals surface area (Å²) in [5.41, 5.74) is 1.32. The lowest BCUT2D eigenvalue weighted by Crippen LogP contribution is -2.48. The van der Waals surface area contributed by atoms with E-state index in [0.717, 1.165) is 50.6 Å². The predicted octanol–water partition coefficient (Wildman–Crippen LogP) is 3.39. The largest absolute Gasteiger partial charge is 0.449 e. The van der Waals surface area contributed by atoms with Crippen molar-refractivity contribution in [2.45, 2.75) is 19.1 Å². The Morgan fingerprint density at radius 1 is 0.833 bits per heavy atom. The zero-order valence-corrected chi connectivity index (χ0v) is 14.1. The SMILES string of the molecule is CC1(CCN2CCN(c3ccccc3)CC2)Oc2ccccc2O1. The van der Waals surface area contributed by atoms with Gasteiger partial charge in [-0.3, -0.25) is 4.90 Å². The summed E-state index contributed by atoms with van der Waals surface area (Å²) in [4.78, 5) is 4.96. The molecule has 2 heterocycles. The lowest BCUT2D eigenvalue weighted by atomic mass is 10.2. The van der Waals surface area contributed by atoms with E-state index in [2.05, 4.69) is 40.1 Å². The van der Waals surface area contributed by atoms with E-state index in [4.69, 9.17) is 9.47 Å². The van der Waals surface area contributed by atoms with Crippen molar-refractivity contribution in [2.75, 3.05) is 37.6 Å². The summed E-state index contributed by atoms with van der Waals surface area (Å²) >= 11 is 0. The van der Waals surface area contributed by atoms with Gasteiger partial charge in [-0.25, -0.2) is 0 Å². The highest BCUT2D eigenvalue weighted by Crippen LogP contribution is 2.40. The third kappa shape index (κ3) is 3.20. The van der Waals surface area contributed by atoms with Crippen LogP contribution >= 0.6 is 0 Å². The number of ether oxygens (including phenoxy) is 2. The molecule has 0 saturated carbocycles. The maximum Gasteiger partial charge on any atom is 0.250 e. The monoisotopic (exact) mass is 324 g/mol. The molecule has 1 fully saturated rings. The first kappa shape index (κ1) is 15.3. The van der Waals surface area contributed by atoms with E-state index in [0.29, 0.717) is 0 Å². The van der Waals surface area contributed by atoms with Crippen LogP contribution in [-0.2, 0) is 0 Å². The summed E-state index contributed by atoms with van der Waals surface area (Å²) in [7, 11) is 0. The fraction of sp³-hybridized carbons (Fsp3) is 0.400. The number of anilines is 1.